The van der Waals surface area contributed by atoms with Crippen molar-refractivity contribution in [2.75, 3.05) is 52.4 Å². The van der Waals surface area contributed by atoms with Crippen LogP contribution in [0.5, 0.6) is 0 Å². The van der Waals surface area contributed by atoms with Gasteiger partial charge in [0.15, 0.2) is 0 Å². The zero-order valence-electron chi connectivity index (χ0n) is 13.2. The molecule has 3 nitrogen and oxygen atoms in total. The van der Waals surface area contributed by atoms with Gasteiger partial charge < -0.3 is 10.2 Å². The Hall–Kier alpha value is -0.330. The highest BCUT2D eigenvalue weighted by Gasteiger charge is 2.35. The number of nitrogens with zero attached hydrogens (tertiary/aromatic N) is 2. The highest BCUT2D eigenvalue weighted by molar-refractivity contribution is 4.87. The summed E-state index contributed by atoms with van der Waals surface area (Å²) >= 11 is 0. The minimum absolute atomic E-state index is 0.222. The third-order valence-corrected chi connectivity index (χ3v) is 4.90. The van der Waals surface area contributed by atoms with E-state index in [-0.39, 0.29) is 5.41 Å². The number of rotatable bonds is 4. The average Bonchev–Trinajstić information content (AvgIpc) is 2.40. The molecule has 1 unspecified atom stereocenters. The topological polar surface area (TPSA) is 18.5 Å². The fraction of sp³-hybridized carbons (Fsp3) is 1.00. The Morgan fingerprint density at radius 1 is 1.00 bits per heavy atom. The van der Waals surface area contributed by atoms with E-state index in [0.717, 1.165) is 32.7 Å². The Kier molecular flexibility index (Phi) is 5.54. The number of alkyl halides is 3. The van der Waals surface area contributed by atoms with Crippen LogP contribution in [0.1, 0.15) is 26.7 Å². The molecule has 0 spiro atoms. The third kappa shape index (κ3) is 5.42. The van der Waals surface area contributed by atoms with E-state index >= 15 is 0 Å². The van der Waals surface area contributed by atoms with Crippen LogP contribution in [0.25, 0.3) is 0 Å². The quantitative estimate of drug-likeness (QED) is 0.859. The minimum Gasteiger partial charge on any atom is -0.316 e. The van der Waals surface area contributed by atoms with E-state index in [0.29, 0.717) is 19.0 Å². The van der Waals surface area contributed by atoms with Crippen LogP contribution >= 0.6 is 0 Å². The molecule has 1 atom stereocenters. The number of halogens is 3. The number of piperazine rings is 1. The van der Waals surface area contributed by atoms with E-state index in [1.165, 1.54) is 17.7 Å². The molecule has 0 aromatic heterocycles. The minimum atomic E-state index is -4.07. The fourth-order valence-electron chi connectivity index (χ4n) is 3.58. The van der Waals surface area contributed by atoms with Gasteiger partial charge in [-0.05, 0) is 37.3 Å². The van der Waals surface area contributed by atoms with Crippen LogP contribution < -0.4 is 5.32 Å². The van der Waals surface area contributed by atoms with Gasteiger partial charge in [0.05, 0.1) is 6.54 Å². The lowest BCUT2D eigenvalue weighted by Crippen LogP contribution is -2.52. The van der Waals surface area contributed by atoms with Crippen molar-refractivity contribution < 1.29 is 13.2 Å². The molecule has 2 saturated heterocycles. The molecule has 0 aromatic carbocycles. The maximum Gasteiger partial charge on any atom is 0.401 e. The zero-order chi connectivity index (χ0) is 15.5. The lowest BCUT2D eigenvalue weighted by molar-refractivity contribution is -0.149. The molecule has 2 heterocycles. The van der Waals surface area contributed by atoms with Gasteiger partial charge in [0, 0.05) is 32.7 Å². The lowest BCUT2D eigenvalue weighted by Gasteiger charge is -2.43. The maximum atomic E-state index is 12.4. The molecular formula is C15H28F3N3. The smallest absolute Gasteiger partial charge is 0.316 e. The predicted octanol–water partition coefficient (Wildman–Crippen LogP) is 2.19. The van der Waals surface area contributed by atoms with Gasteiger partial charge in [-0.3, -0.25) is 4.90 Å². The molecule has 0 bridgehead atoms. The molecule has 21 heavy (non-hydrogen) atoms. The fourth-order valence-corrected chi connectivity index (χ4v) is 3.58. The van der Waals surface area contributed by atoms with E-state index in [9.17, 15) is 13.2 Å². The second-order valence-corrected chi connectivity index (χ2v) is 7.20. The molecule has 1 N–H and O–H groups in total. The van der Waals surface area contributed by atoms with E-state index in [1.807, 2.05) is 0 Å². The Labute approximate surface area is 125 Å². The number of nitrogens with one attached hydrogen (secondary N) is 1. The van der Waals surface area contributed by atoms with Crippen molar-refractivity contribution in [2.45, 2.75) is 32.9 Å². The predicted molar refractivity (Wildman–Crippen MR) is 78.3 cm³/mol. The Bertz CT molecular complexity index is 317. The molecule has 0 aromatic rings. The summed E-state index contributed by atoms with van der Waals surface area (Å²) in [6.45, 7) is 9.55. The van der Waals surface area contributed by atoms with Gasteiger partial charge in [0.2, 0.25) is 0 Å². The second kappa shape index (κ2) is 6.84. The molecule has 0 saturated carbocycles. The lowest BCUT2D eigenvalue weighted by atomic mass is 9.74. The Balaban J connectivity index is 1.77. The van der Waals surface area contributed by atoms with Crippen LogP contribution in [0, 0.1) is 11.3 Å². The van der Waals surface area contributed by atoms with Crippen molar-refractivity contribution >= 4 is 0 Å². The van der Waals surface area contributed by atoms with Gasteiger partial charge in [-0.25, -0.2) is 0 Å². The summed E-state index contributed by atoms with van der Waals surface area (Å²) in [7, 11) is 0. The van der Waals surface area contributed by atoms with Crippen LogP contribution in [0.4, 0.5) is 13.2 Å². The van der Waals surface area contributed by atoms with Crippen molar-refractivity contribution in [2.24, 2.45) is 11.3 Å². The molecule has 124 valence electrons. The number of hydrogen-bond donors (Lipinski definition) is 1. The molecule has 2 fully saturated rings. The normalized spacial score (nSPS) is 27.0. The highest BCUT2D eigenvalue weighted by atomic mass is 19.4. The molecule has 2 rings (SSSR count). The van der Waals surface area contributed by atoms with Gasteiger partial charge in [-0.1, -0.05) is 13.8 Å². The zero-order valence-corrected chi connectivity index (χ0v) is 13.2. The first-order valence-corrected chi connectivity index (χ1v) is 7.98. The van der Waals surface area contributed by atoms with Crippen molar-refractivity contribution in [3.05, 3.63) is 0 Å². The van der Waals surface area contributed by atoms with Gasteiger partial charge in [0.25, 0.3) is 0 Å². The van der Waals surface area contributed by atoms with E-state index in [4.69, 9.17) is 0 Å². The molecule has 2 aliphatic rings. The summed E-state index contributed by atoms with van der Waals surface area (Å²) in [6, 6.07) is 0. The summed E-state index contributed by atoms with van der Waals surface area (Å²) in [6.07, 6.45) is -1.59. The summed E-state index contributed by atoms with van der Waals surface area (Å²) < 4.78 is 37.2. The van der Waals surface area contributed by atoms with Crippen LogP contribution in [0.2, 0.25) is 0 Å². The van der Waals surface area contributed by atoms with Crippen LogP contribution in [0.15, 0.2) is 0 Å². The van der Waals surface area contributed by atoms with Crippen molar-refractivity contribution in [1.82, 2.24) is 15.1 Å². The standard InChI is InChI=1S/C15H28F3N3/c1-14(2,13-4-3-5-19-10-13)11-20-6-8-21(9-7-20)12-15(16,17)18/h13,19H,3-12H2,1-2H3. The molecule has 2 aliphatic heterocycles. The van der Waals surface area contributed by atoms with Crippen LogP contribution in [0.3, 0.4) is 0 Å². The third-order valence-electron chi connectivity index (χ3n) is 4.90. The summed E-state index contributed by atoms with van der Waals surface area (Å²) in [4.78, 5) is 3.85. The van der Waals surface area contributed by atoms with E-state index in [2.05, 4.69) is 24.1 Å². The van der Waals surface area contributed by atoms with Gasteiger partial charge >= 0.3 is 6.18 Å². The monoisotopic (exact) mass is 307 g/mol. The SMILES string of the molecule is CC(C)(CN1CCN(CC(F)(F)F)CC1)C1CCCNC1. The first-order chi connectivity index (χ1) is 9.76. The van der Waals surface area contributed by atoms with Crippen molar-refractivity contribution in [3.63, 3.8) is 0 Å². The van der Waals surface area contributed by atoms with Crippen LogP contribution in [-0.4, -0.2) is 68.3 Å². The summed E-state index contributed by atoms with van der Waals surface area (Å²) in [5, 5.41) is 3.46. The summed E-state index contributed by atoms with van der Waals surface area (Å²) in [5.41, 5.74) is 0.222. The molecule has 6 heteroatoms. The van der Waals surface area contributed by atoms with Gasteiger partial charge in [-0.15, -0.1) is 0 Å². The van der Waals surface area contributed by atoms with Gasteiger partial charge in [0.1, 0.15) is 0 Å². The Morgan fingerprint density at radius 3 is 2.05 bits per heavy atom. The van der Waals surface area contributed by atoms with Crippen LogP contribution in [-0.2, 0) is 0 Å². The molecule has 0 aliphatic carbocycles. The van der Waals surface area contributed by atoms with Crippen molar-refractivity contribution in [1.29, 1.82) is 0 Å². The van der Waals surface area contributed by atoms with E-state index in [1.54, 1.807) is 0 Å². The van der Waals surface area contributed by atoms with Crippen molar-refractivity contribution in [3.8, 4) is 0 Å². The Morgan fingerprint density at radius 2 is 1.57 bits per heavy atom. The largest absolute Gasteiger partial charge is 0.401 e. The summed E-state index contributed by atoms with van der Waals surface area (Å²) in [5.74, 6) is 0.666. The molecule has 0 radical (unpaired) electrons. The second-order valence-electron chi connectivity index (χ2n) is 7.20. The van der Waals surface area contributed by atoms with Gasteiger partial charge in [-0.2, -0.15) is 13.2 Å². The molecule has 0 amide bonds. The average molecular weight is 307 g/mol. The highest BCUT2D eigenvalue weighted by Crippen LogP contribution is 2.33. The first-order valence-electron chi connectivity index (χ1n) is 7.98. The number of hydrogen-bond acceptors (Lipinski definition) is 3. The molecular weight excluding hydrogens is 279 g/mol. The maximum absolute atomic E-state index is 12.4. The number of piperidine rings is 1. The first kappa shape index (κ1) is 17.0. The van der Waals surface area contributed by atoms with E-state index < -0.39 is 12.7 Å².